The van der Waals surface area contributed by atoms with Crippen LogP contribution in [0.3, 0.4) is 0 Å². The van der Waals surface area contributed by atoms with Crippen molar-refractivity contribution in [2.45, 2.75) is 19.8 Å². The molecule has 0 amide bonds. The first-order valence-corrected chi connectivity index (χ1v) is 8.90. The molecule has 6 heteroatoms. The second-order valence-electron chi connectivity index (χ2n) is 5.18. The molecule has 0 atom stereocenters. The highest BCUT2D eigenvalue weighted by atomic mass is 79.9. The minimum absolute atomic E-state index is 0.198. The number of rotatable bonds is 9. The van der Waals surface area contributed by atoms with Crippen LogP contribution in [0.25, 0.3) is 0 Å². The van der Waals surface area contributed by atoms with Crippen LogP contribution in [0.5, 0.6) is 5.75 Å². The summed E-state index contributed by atoms with van der Waals surface area (Å²) in [7, 11) is 0. The zero-order chi connectivity index (χ0) is 17.9. The van der Waals surface area contributed by atoms with Crippen LogP contribution in [-0.4, -0.2) is 25.4 Å². The molecule has 0 saturated carbocycles. The summed E-state index contributed by atoms with van der Waals surface area (Å²) >= 11 is 3.45. The van der Waals surface area contributed by atoms with E-state index in [1.807, 2.05) is 48.5 Å². The molecule has 5 nitrogen and oxygen atoms in total. The van der Waals surface area contributed by atoms with Crippen molar-refractivity contribution in [3.63, 3.8) is 0 Å². The van der Waals surface area contributed by atoms with Crippen LogP contribution in [0.1, 0.15) is 25.3 Å². The average molecular weight is 405 g/mol. The highest BCUT2D eigenvalue weighted by Gasteiger charge is 2.05. The highest BCUT2D eigenvalue weighted by Crippen LogP contribution is 2.22. The molecule has 132 valence electrons. The fourth-order valence-corrected chi connectivity index (χ4v) is 2.45. The van der Waals surface area contributed by atoms with Crippen molar-refractivity contribution in [3.8, 4) is 5.75 Å². The largest absolute Gasteiger partial charge is 0.493 e. The Balaban J connectivity index is 1.91. The first-order valence-electron chi connectivity index (χ1n) is 8.11. The Hall–Kier alpha value is -2.34. The maximum absolute atomic E-state index is 11.3. The molecule has 0 aliphatic carbocycles. The third kappa shape index (κ3) is 6.97. The van der Waals surface area contributed by atoms with Gasteiger partial charge in [-0.25, -0.2) is 0 Å². The second kappa shape index (κ2) is 10.5. The monoisotopic (exact) mass is 404 g/mol. The lowest BCUT2D eigenvalue weighted by Gasteiger charge is -2.09. The number of nitrogens with one attached hydrogen (secondary N) is 1. The summed E-state index contributed by atoms with van der Waals surface area (Å²) in [6.07, 6.45) is 2.66. The van der Waals surface area contributed by atoms with Crippen molar-refractivity contribution in [3.05, 3.63) is 58.6 Å². The molecule has 25 heavy (non-hydrogen) atoms. The molecule has 2 rings (SSSR count). The molecule has 0 radical (unpaired) electrons. The highest BCUT2D eigenvalue weighted by molar-refractivity contribution is 9.10. The lowest BCUT2D eigenvalue weighted by molar-refractivity contribution is -0.143. The number of nitrogens with zero attached hydrogens (tertiary/aromatic N) is 1. The molecule has 2 aromatic rings. The molecular formula is C19H21BrN2O3. The van der Waals surface area contributed by atoms with Crippen molar-refractivity contribution in [2.24, 2.45) is 5.10 Å². The van der Waals surface area contributed by atoms with E-state index in [9.17, 15) is 4.79 Å². The number of anilines is 1. The lowest BCUT2D eigenvalue weighted by Crippen LogP contribution is -2.07. The molecule has 1 N–H and O–H groups in total. The molecule has 0 bridgehead atoms. The van der Waals surface area contributed by atoms with Crippen LogP contribution in [-0.2, 0) is 9.53 Å². The van der Waals surface area contributed by atoms with Gasteiger partial charge in [-0.15, -0.1) is 0 Å². The van der Waals surface area contributed by atoms with E-state index in [2.05, 4.69) is 26.5 Å². The average Bonchev–Trinajstić information content (AvgIpc) is 2.61. The zero-order valence-electron chi connectivity index (χ0n) is 14.1. The number of hydrogen-bond acceptors (Lipinski definition) is 5. The molecule has 0 spiro atoms. The molecule has 0 aliphatic heterocycles. The minimum atomic E-state index is -0.198. The third-order valence-electron chi connectivity index (χ3n) is 3.23. The standard InChI is InChI=1S/C19H21BrN2O3/c1-2-24-19(23)9-6-12-25-18-11-10-16(20)13-15(18)14-21-22-17-7-4-3-5-8-17/h3-5,7-8,10-11,13-14,22H,2,6,9,12H2,1H3. The fraction of sp³-hybridized carbons (Fsp3) is 0.263. The number of carbonyl (C=O) groups is 1. The number of ether oxygens (including phenoxy) is 2. The third-order valence-corrected chi connectivity index (χ3v) is 3.72. The normalized spacial score (nSPS) is 10.6. The number of esters is 1. The van der Waals surface area contributed by atoms with Gasteiger partial charge in [0.1, 0.15) is 5.75 Å². The second-order valence-corrected chi connectivity index (χ2v) is 6.09. The van der Waals surface area contributed by atoms with Gasteiger partial charge >= 0.3 is 5.97 Å². The first kappa shape index (κ1) is 19.0. The first-order chi connectivity index (χ1) is 12.2. The van der Waals surface area contributed by atoms with Crippen molar-refractivity contribution >= 4 is 33.8 Å². The van der Waals surface area contributed by atoms with Gasteiger partial charge in [0.05, 0.1) is 25.1 Å². The van der Waals surface area contributed by atoms with Gasteiger partial charge in [-0.2, -0.15) is 5.10 Å². The summed E-state index contributed by atoms with van der Waals surface area (Å²) < 4.78 is 11.6. The molecule has 2 aromatic carbocycles. The van der Waals surface area contributed by atoms with Gasteiger partial charge in [-0.1, -0.05) is 34.1 Å². The Bertz CT molecular complexity index is 705. The Morgan fingerprint density at radius 2 is 2.04 bits per heavy atom. The fourth-order valence-electron chi connectivity index (χ4n) is 2.07. The maximum atomic E-state index is 11.3. The summed E-state index contributed by atoms with van der Waals surface area (Å²) in [4.78, 5) is 11.3. The zero-order valence-corrected chi connectivity index (χ0v) is 15.7. The van der Waals surface area contributed by atoms with Crippen molar-refractivity contribution in [1.82, 2.24) is 0 Å². The van der Waals surface area contributed by atoms with Gasteiger partial charge in [0.2, 0.25) is 0 Å². The summed E-state index contributed by atoms with van der Waals surface area (Å²) in [6, 6.07) is 15.4. The summed E-state index contributed by atoms with van der Waals surface area (Å²) in [5, 5.41) is 4.24. The number of carbonyl (C=O) groups excluding carboxylic acids is 1. The number of halogens is 1. The van der Waals surface area contributed by atoms with Gasteiger partial charge in [-0.3, -0.25) is 10.2 Å². The Labute approximate surface area is 156 Å². The lowest BCUT2D eigenvalue weighted by atomic mass is 10.2. The molecule has 0 saturated heterocycles. The van der Waals surface area contributed by atoms with E-state index >= 15 is 0 Å². The topological polar surface area (TPSA) is 59.9 Å². The van der Waals surface area contributed by atoms with Crippen LogP contribution in [0, 0.1) is 0 Å². The number of benzene rings is 2. The summed E-state index contributed by atoms with van der Waals surface area (Å²) in [6.45, 7) is 2.64. The number of hydrogen-bond donors (Lipinski definition) is 1. The van der Waals surface area contributed by atoms with Crippen molar-refractivity contribution in [1.29, 1.82) is 0 Å². The number of hydrazone groups is 1. The van der Waals surface area contributed by atoms with Crippen LogP contribution < -0.4 is 10.2 Å². The molecule has 0 aromatic heterocycles. The van der Waals surface area contributed by atoms with Crippen LogP contribution in [0.4, 0.5) is 5.69 Å². The van der Waals surface area contributed by atoms with Crippen molar-refractivity contribution in [2.75, 3.05) is 18.6 Å². The smallest absolute Gasteiger partial charge is 0.305 e. The summed E-state index contributed by atoms with van der Waals surface area (Å²) in [5.41, 5.74) is 4.72. The predicted octanol–water partition coefficient (Wildman–Crippen LogP) is 4.62. The van der Waals surface area contributed by atoms with Crippen molar-refractivity contribution < 1.29 is 14.3 Å². The van der Waals surface area contributed by atoms with E-state index in [1.165, 1.54) is 0 Å². The molecule has 0 heterocycles. The van der Waals surface area contributed by atoms with Crippen LogP contribution in [0.2, 0.25) is 0 Å². The van der Waals surface area contributed by atoms with Gasteiger partial charge < -0.3 is 9.47 Å². The van der Waals surface area contributed by atoms with Crippen LogP contribution in [0.15, 0.2) is 58.1 Å². The van der Waals surface area contributed by atoms with E-state index in [-0.39, 0.29) is 5.97 Å². The van der Waals surface area contributed by atoms with E-state index in [0.717, 1.165) is 15.7 Å². The quantitative estimate of drug-likeness (QED) is 0.286. The van der Waals surface area contributed by atoms with Crippen LogP contribution >= 0.6 is 15.9 Å². The SMILES string of the molecule is CCOC(=O)CCCOc1ccc(Br)cc1C=NNc1ccccc1. The maximum Gasteiger partial charge on any atom is 0.305 e. The summed E-state index contributed by atoms with van der Waals surface area (Å²) in [5.74, 6) is 0.515. The Morgan fingerprint density at radius 1 is 1.24 bits per heavy atom. The molecular weight excluding hydrogens is 384 g/mol. The van der Waals surface area contributed by atoms with Gasteiger partial charge in [0.15, 0.2) is 0 Å². The Morgan fingerprint density at radius 3 is 2.80 bits per heavy atom. The Kier molecular flexibility index (Phi) is 7.98. The number of para-hydroxylation sites is 1. The molecule has 0 aliphatic rings. The van der Waals surface area contributed by atoms with Gasteiger partial charge in [0, 0.05) is 16.5 Å². The van der Waals surface area contributed by atoms with Gasteiger partial charge in [-0.05, 0) is 43.7 Å². The van der Waals surface area contributed by atoms with E-state index in [0.29, 0.717) is 31.8 Å². The molecule has 0 fully saturated rings. The minimum Gasteiger partial charge on any atom is -0.493 e. The van der Waals surface area contributed by atoms with E-state index in [4.69, 9.17) is 9.47 Å². The predicted molar refractivity (Wildman–Crippen MR) is 103 cm³/mol. The van der Waals surface area contributed by atoms with Gasteiger partial charge in [0.25, 0.3) is 0 Å². The van der Waals surface area contributed by atoms with E-state index < -0.39 is 0 Å². The van der Waals surface area contributed by atoms with E-state index in [1.54, 1.807) is 13.1 Å². The molecule has 0 unspecified atom stereocenters.